The molecule has 2 rings (SSSR count). The van der Waals surface area contributed by atoms with Crippen molar-refractivity contribution < 1.29 is 4.79 Å². The number of aromatic nitrogens is 2. The summed E-state index contributed by atoms with van der Waals surface area (Å²) in [7, 11) is 0. The summed E-state index contributed by atoms with van der Waals surface area (Å²) in [6, 6.07) is 7.39. The summed E-state index contributed by atoms with van der Waals surface area (Å²) in [6.45, 7) is 1.89. The summed E-state index contributed by atoms with van der Waals surface area (Å²) in [4.78, 5) is 11.9. The normalized spacial score (nSPS) is 10.1. The van der Waals surface area contributed by atoms with Crippen LogP contribution in [0.15, 0.2) is 24.3 Å². The van der Waals surface area contributed by atoms with Crippen LogP contribution < -0.4 is 5.32 Å². The number of benzene rings is 1. The minimum atomic E-state index is -0.171. The molecule has 0 aliphatic rings. The lowest BCUT2D eigenvalue weighted by Gasteiger charge is -2.03. The number of rotatable bonds is 2. The highest BCUT2D eigenvalue weighted by Crippen LogP contribution is 2.14. The average molecular weight is 251 g/mol. The second-order valence-corrected chi connectivity index (χ2v) is 4.85. The molecule has 4 nitrogen and oxygen atoms in total. The van der Waals surface area contributed by atoms with E-state index in [-0.39, 0.29) is 5.91 Å². The van der Waals surface area contributed by atoms with Crippen LogP contribution in [-0.2, 0) is 0 Å². The van der Waals surface area contributed by atoms with E-state index in [1.807, 2.05) is 25.1 Å². The number of carbonyl (C=O) groups is 1. The summed E-state index contributed by atoms with van der Waals surface area (Å²) in [6.07, 6.45) is 0. The van der Waals surface area contributed by atoms with E-state index in [9.17, 15) is 4.79 Å². The maximum atomic E-state index is 11.9. The van der Waals surface area contributed by atoms with Crippen molar-refractivity contribution in [3.63, 3.8) is 0 Å². The molecule has 0 bridgehead atoms. The molecule has 0 saturated carbocycles. The molecule has 0 saturated heterocycles. The summed E-state index contributed by atoms with van der Waals surface area (Å²) in [5.74, 6) is -0.171. The van der Waals surface area contributed by atoms with Gasteiger partial charge in [0.05, 0.1) is 0 Å². The molecule has 1 aromatic heterocycles. The molecule has 1 amide bonds. The zero-order chi connectivity index (χ0) is 11.5. The molecule has 0 aliphatic heterocycles. The lowest BCUT2D eigenvalue weighted by Crippen LogP contribution is -2.12. The van der Waals surface area contributed by atoms with Crippen molar-refractivity contribution in [1.29, 1.82) is 0 Å². The van der Waals surface area contributed by atoms with Crippen molar-refractivity contribution in [3.05, 3.63) is 39.3 Å². The molecule has 82 valence electrons. The van der Waals surface area contributed by atoms with Crippen LogP contribution >= 0.6 is 23.6 Å². The number of hydrogen-bond donors (Lipinski definition) is 2. The van der Waals surface area contributed by atoms with E-state index >= 15 is 0 Å². The third kappa shape index (κ3) is 2.34. The smallest absolute Gasteiger partial charge is 0.257 e. The molecule has 0 radical (unpaired) electrons. The van der Waals surface area contributed by atoms with Crippen molar-refractivity contribution >= 4 is 34.6 Å². The van der Waals surface area contributed by atoms with Crippen LogP contribution in [0.1, 0.15) is 15.9 Å². The van der Waals surface area contributed by atoms with Gasteiger partial charge in [-0.2, -0.15) is 0 Å². The predicted octanol–water partition coefficient (Wildman–Crippen LogP) is 2.76. The zero-order valence-corrected chi connectivity index (χ0v) is 10.1. The first kappa shape index (κ1) is 11.0. The van der Waals surface area contributed by atoms with Crippen molar-refractivity contribution in [2.24, 2.45) is 0 Å². The quantitative estimate of drug-likeness (QED) is 0.807. The Kier molecular flexibility index (Phi) is 3.12. The number of nitrogens with one attached hydrogen (secondary N) is 2. The van der Waals surface area contributed by atoms with Gasteiger partial charge in [-0.15, -0.1) is 5.10 Å². The molecular formula is C10H9N3OS2. The molecule has 1 aromatic carbocycles. The third-order valence-electron chi connectivity index (χ3n) is 2.05. The number of nitrogens with zero attached hydrogens (tertiary/aromatic N) is 1. The van der Waals surface area contributed by atoms with Gasteiger partial charge >= 0.3 is 0 Å². The highest BCUT2D eigenvalue weighted by atomic mass is 32.1. The van der Waals surface area contributed by atoms with E-state index in [4.69, 9.17) is 12.2 Å². The molecule has 0 spiro atoms. The van der Waals surface area contributed by atoms with Gasteiger partial charge < -0.3 is 0 Å². The highest BCUT2D eigenvalue weighted by Gasteiger charge is 2.09. The molecule has 0 unspecified atom stereocenters. The Bertz CT molecular complexity index is 573. The average Bonchev–Trinajstić information content (AvgIpc) is 2.64. The largest absolute Gasteiger partial charge is 0.296 e. The first-order valence-corrected chi connectivity index (χ1v) is 5.82. The van der Waals surface area contributed by atoms with Gasteiger partial charge in [0.1, 0.15) is 0 Å². The van der Waals surface area contributed by atoms with Gasteiger partial charge in [-0.25, -0.2) is 0 Å². The fourth-order valence-electron chi connectivity index (χ4n) is 1.28. The summed E-state index contributed by atoms with van der Waals surface area (Å²) >= 11 is 6.11. The SMILES string of the molecule is Cc1ccccc1C(=O)Nc1n[nH]c(=S)s1. The second kappa shape index (κ2) is 4.54. The van der Waals surface area contributed by atoms with Crippen LogP contribution in [-0.4, -0.2) is 16.1 Å². The van der Waals surface area contributed by atoms with Crippen LogP contribution in [0, 0.1) is 10.9 Å². The molecule has 6 heteroatoms. The van der Waals surface area contributed by atoms with Crippen LogP contribution in [0.5, 0.6) is 0 Å². The summed E-state index contributed by atoms with van der Waals surface area (Å²) < 4.78 is 0.542. The van der Waals surface area contributed by atoms with Crippen molar-refractivity contribution in [2.75, 3.05) is 5.32 Å². The molecule has 0 atom stereocenters. The van der Waals surface area contributed by atoms with Crippen LogP contribution in [0.4, 0.5) is 5.13 Å². The van der Waals surface area contributed by atoms with Crippen LogP contribution in [0.3, 0.4) is 0 Å². The fraction of sp³-hybridized carbons (Fsp3) is 0.100. The van der Waals surface area contributed by atoms with E-state index in [0.717, 1.165) is 5.56 Å². The molecule has 0 fully saturated rings. The zero-order valence-electron chi connectivity index (χ0n) is 8.48. The maximum Gasteiger partial charge on any atom is 0.257 e. The summed E-state index contributed by atoms with van der Waals surface area (Å²) in [5.41, 5.74) is 1.57. The fourth-order valence-corrected chi connectivity index (χ4v) is 2.06. The third-order valence-corrected chi connectivity index (χ3v) is 3.05. The van der Waals surface area contributed by atoms with Crippen molar-refractivity contribution in [2.45, 2.75) is 6.92 Å². The Morgan fingerprint density at radius 1 is 1.50 bits per heavy atom. The number of carbonyl (C=O) groups excluding carboxylic acids is 1. The van der Waals surface area contributed by atoms with E-state index in [2.05, 4.69) is 15.5 Å². The molecule has 2 N–H and O–H groups in total. The standard InChI is InChI=1S/C10H9N3OS2/c1-6-4-2-3-5-7(6)8(14)11-9-12-13-10(15)16-9/h2-5H,1H3,(H,13,15)(H,11,12,14). The second-order valence-electron chi connectivity index (χ2n) is 3.19. The van der Waals surface area contributed by atoms with E-state index < -0.39 is 0 Å². The van der Waals surface area contributed by atoms with Crippen molar-refractivity contribution in [3.8, 4) is 0 Å². The lowest BCUT2D eigenvalue weighted by atomic mass is 10.1. The first-order valence-electron chi connectivity index (χ1n) is 4.59. The Morgan fingerprint density at radius 3 is 2.88 bits per heavy atom. The molecular weight excluding hydrogens is 242 g/mol. The Labute approximate surface area is 101 Å². The van der Waals surface area contributed by atoms with Gasteiger partial charge in [-0.3, -0.25) is 15.2 Å². The molecule has 0 aliphatic carbocycles. The van der Waals surface area contributed by atoms with E-state index in [1.54, 1.807) is 6.07 Å². The molecule has 16 heavy (non-hydrogen) atoms. The number of H-pyrrole nitrogens is 1. The Hall–Kier alpha value is -1.53. The maximum absolute atomic E-state index is 11.9. The highest BCUT2D eigenvalue weighted by molar-refractivity contribution is 7.73. The van der Waals surface area contributed by atoms with E-state index in [1.165, 1.54) is 11.3 Å². The lowest BCUT2D eigenvalue weighted by molar-refractivity contribution is 0.102. The van der Waals surface area contributed by atoms with Crippen LogP contribution in [0.2, 0.25) is 0 Å². The van der Waals surface area contributed by atoms with Crippen molar-refractivity contribution in [1.82, 2.24) is 10.2 Å². The van der Waals surface area contributed by atoms with Gasteiger partial charge in [0.25, 0.3) is 5.91 Å². The number of aromatic amines is 1. The summed E-state index contributed by atoms with van der Waals surface area (Å²) in [5, 5.41) is 9.65. The molecule has 1 heterocycles. The number of anilines is 1. The van der Waals surface area contributed by atoms with Gasteiger partial charge in [0, 0.05) is 5.56 Å². The molecule has 2 aromatic rings. The van der Waals surface area contributed by atoms with E-state index in [0.29, 0.717) is 14.6 Å². The Morgan fingerprint density at radius 2 is 2.25 bits per heavy atom. The van der Waals surface area contributed by atoms with Gasteiger partial charge in [-0.05, 0) is 30.8 Å². The minimum Gasteiger partial charge on any atom is -0.296 e. The first-order chi connectivity index (χ1) is 7.66. The minimum absolute atomic E-state index is 0.171. The number of amides is 1. The van der Waals surface area contributed by atoms with Gasteiger partial charge in [0.15, 0.2) is 3.95 Å². The van der Waals surface area contributed by atoms with Gasteiger partial charge in [-0.1, -0.05) is 29.5 Å². The predicted molar refractivity (Wildman–Crippen MR) is 66.4 cm³/mol. The Balaban J connectivity index is 2.21. The van der Waals surface area contributed by atoms with Crippen LogP contribution in [0.25, 0.3) is 0 Å². The van der Waals surface area contributed by atoms with Gasteiger partial charge in [0.2, 0.25) is 5.13 Å². The number of aryl methyl sites for hydroxylation is 1. The topological polar surface area (TPSA) is 57.8 Å². The number of hydrogen-bond acceptors (Lipinski definition) is 4. The monoisotopic (exact) mass is 251 g/mol.